The van der Waals surface area contributed by atoms with E-state index in [1.54, 1.807) is 14.0 Å². The molecule has 7 nitrogen and oxygen atoms in total. The summed E-state index contributed by atoms with van der Waals surface area (Å²) in [5.74, 6) is 1.98. The number of aromatic nitrogens is 1. The Morgan fingerprint density at radius 2 is 1.76 bits per heavy atom. The zero-order valence-electron chi connectivity index (χ0n) is 29.2. The average Bonchev–Trinajstić information content (AvgIpc) is 3.49. The van der Waals surface area contributed by atoms with Gasteiger partial charge in [-0.3, -0.25) is 9.78 Å². The number of hydrogen-bond acceptors (Lipinski definition) is 7. The van der Waals surface area contributed by atoms with E-state index in [9.17, 15) is 9.90 Å². The van der Waals surface area contributed by atoms with Crippen LogP contribution in [-0.2, 0) is 22.1 Å². The van der Waals surface area contributed by atoms with Gasteiger partial charge in [-0.15, -0.1) is 0 Å². The molecule has 1 aromatic heterocycles. The van der Waals surface area contributed by atoms with E-state index in [0.717, 1.165) is 53.9 Å². The number of fused-ring (bicyclic) bond motifs is 1. The van der Waals surface area contributed by atoms with Crippen LogP contribution in [0.25, 0.3) is 0 Å². The highest BCUT2D eigenvalue weighted by Crippen LogP contribution is 2.41. The Balaban J connectivity index is 1.79. The van der Waals surface area contributed by atoms with Gasteiger partial charge in [0.2, 0.25) is 6.79 Å². The molecule has 0 fully saturated rings. The first-order chi connectivity index (χ1) is 21.7. The van der Waals surface area contributed by atoms with E-state index in [0.29, 0.717) is 29.2 Å². The van der Waals surface area contributed by atoms with Gasteiger partial charge in [-0.1, -0.05) is 59.2 Å². The van der Waals surface area contributed by atoms with Crippen LogP contribution >= 0.6 is 0 Å². The molecule has 2 aromatic carbocycles. The van der Waals surface area contributed by atoms with Gasteiger partial charge in [0.15, 0.2) is 19.8 Å². The number of aliphatic hydroxyl groups excluding tert-OH is 1. The molecule has 0 radical (unpaired) electrons. The number of aryl methyl sites for hydroxylation is 1. The van der Waals surface area contributed by atoms with Crippen molar-refractivity contribution in [3.8, 4) is 17.2 Å². The lowest BCUT2D eigenvalue weighted by atomic mass is 9.81. The van der Waals surface area contributed by atoms with Crippen molar-refractivity contribution in [3.05, 3.63) is 82.2 Å². The van der Waals surface area contributed by atoms with E-state index in [1.807, 2.05) is 36.4 Å². The SMILES string of the molecule is CCCCc1ccc(C(O)c2ccc3c(c2)OCO3)c([C@H](CC(C)=O)c2ccc(OC)cc2C[C@H](C)CO[Si](C)(C)C(C)(C)C)n1. The van der Waals surface area contributed by atoms with Gasteiger partial charge in [-0.05, 0) is 97.3 Å². The number of methoxy groups -OCH3 is 1. The summed E-state index contributed by atoms with van der Waals surface area (Å²) in [6.45, 7) is 18.2. The fourth-order valence-corrected chi connectivity index (χ4v) is 6.80. The molecule has 0 aliphatic carbocycles. The number of Topliss-reactive ketones (excluding diaryl/α,β-unsaturated/α-hetero) is 1. The lowest BCUT2D eigenvalue weighted by molar-refractivity contribution is -0.117. The van der Waals surface area contributed by atoms with Crippen molar-refractivity contribution >= 4 is 14.1 Å². The second-order valence-electron chi connectivity index (χ2n) is 14.3. The van der Waals surface area contributed by atoms with Gasteiger partial charge in [0.25, 0.3) is 0 Å². The van der Waals surface area contributed by atoms with Crippen molar-refractivity contribution in [2.45, 2.75) is 104 Å². The molecular weight excluding hydrogens is 595 g/mol. The first-order valence-corrected chi connectivity index (χ1v) is 19.5. The van der Waals surface area contributed by atoms with Crippen LogP contribution in [0.15, 0.2) is 48.5 Å². The molecule has 46 heavy (non-hydrogen) atoms. The number of carbonyl (C=O) groups excluding carboxylic acids is 1. The zero-order valence-corrected chi connectivity index (χ0v) is 30.2. The van der Waals surface area contributed by atoms with Gasteiger partial charge in [0.05, 0.1) is 12.8 Å². The highest BCUT2D eigenvalue weighted by Gasteiger charge is 2.37. The molecule has 0 bridgehead atoms. The summed E-state index contributed by atoms with van der Waals surface area (Å²) in [7, 11) is -0.238. The predicted octanol–water partition coefficient (Wildman–Crippen LogP) is 8.55. The number of pyridine rings is 1. The molecule has 0 amide bonds. The summed E-state index contributed by atoms with van der Waals surface area (Å²) in [6, 6.07) is 15.6. The molecule has 2 heterocycles. The fraction of sp³-hybridized carbons (Fsp3) is 0.526. The molecule has 8 heteroatoms. The van der Waals surface area contributed by atoms with E-state index in [1.165, 1.54) is 0 Å². The molecule has 3 atom stereocenters. The Morgan fingerprint density at radius 3 is 2.43 bits per heavy atom. The lowest BCUT2D eigenvalue weighted by Gasteiger charge is -2.37. The second-order valence-corrected chi connectivity index (χ2v) is 19.1. The number of aliphatic hydroxyl groups is 1. The quantitative estimate of drug-likeness (QED) is 0.165. The molecule has 3 aromatic rings. The summed E-state index contributed by atoms with van der Waals surface area (Å²) in [6.07, 6.45) is 2.93. The molecule has 0 saturated carbocycles. The van der Waals surface area contributed by atoms with Crippen LogP contribution in [0.3, 0.4) is 0 Å². The smallest absolute Gasteiger partial charge is 0.231 e. The van der Waals surface area contributed by atoms with Crippen LogP contribution < -0.4 is 14.2 Å². The van der Waals surface area contributed by atoms with Gasteiger partial charge >= 0.3 is 0 Å². The molecule has 250 valence electrons. The van der Waals surface area contributed by atoms with Crippen molar-refractivity contribution in [2.75, 3.05) is 20.5 Å². The summed E-state index contributed by atoms with van der Waals surface area (Å²) in [5, 5.41) is 12.0. The third kappa shape index (κ3) is 8.58. The Hall–Kier alpha value is -3.20. The first kappa shape index (κ1) is 35.6. The van der Waals surface area contributed by atoms with Gasteiger partial charge < -0.3 is 23.7 Å². The number of ether oxygens (including phenoxy) is 3. The molecule has 1 unspecified atom stereocenters. The molecule has 1 aliphatic rings. The van der Waals surface area contributed by atoms with Crippen molar-refractivity contribution in [3.63, 3.8) is 0 Å². The van der Waals surface area contributed by atoms with E-state index in [-0.39, 0.29) is 35.9 Å². The summed E-state index contributed by atoms with van der Waals surface area (Å²) < 4.78 is 23.4. The summed E-state index contributed by atoms with van der Waals surface area (Å²) in [4.78, 5) is 18.1. The number of rotatable bonds is 15. The van der Waals surface area contributed by atoms with Crippen LogP contribution in [0.1, 0.15) is 106 Å². The fourth-order valence-electron chi connectivity index (χ4n) is 5.67. The van der Waals surface area contributed by atoms with Crippen molar-refractivity contribution in [1.82, 2.24) is 4.98 Å². The van der Waals surface area contributed by atoms with Crippen molar-refractivity contribution in [2.24, 2.45) is 5.92 Å². The maximum absolute atomic E-state index is 12.9. The monoisotopic (exact) mass is 647 g/mol. The summed E-state index contributed by atoms with van der Waals surface area (Å²) >= 11 is 0. The number of carbonyl (C=O) groups is 1. The maximum atomic E-state index is 12.9. The van der Waals surface area contributed by atoms with Gasteiger partial charge in [0, 0.05) is 30.2 Å². The number of ketones is 1. The van der Waals surface area contributed by atoms with E-state index in [2.05, 4.69) is 59.8 Å². The van der Waals surface area contributed by atoms with Crippen LogP contribution in [0.4, 0.5) is 0 Å². The minimum absolute atomic E-state index is 0.0605. The van der Waals surface area contributed by atoms with Crippen LogP contribution in [0.2, 0.25) is 18.1 Å². The number of unbranched alkanes of at least 4 members (excludes halogenated alkanes) is 1. The third-order valence-corrected chi connectivity index (χ3v) is 14.0. The molecular formula is C38H53NO6Si. The Bertz CT molecular complexity index is 1500. The average molecular weight is 648 g/mol. The van der Waals surface area contributed by atoms with Crippen LogP contribution in [0.5, 0.6) is 17.2 Å². The van der Waals surface area contributed by atoms with Gasteiger partial charge in [-0.2, -0.15) is 0 Å². The van der Waals surface area contributed by atoms with E-state index in [4.69, 9.17) is 23.6 Å². The van der Waals surface area contributed by atoms with E-state index >= 15 is 0 Å². The molecule has 4 rings (SSSR count). The minimum Gasteiger partial charge on any atom is -0.497 e. The Kier molecular flexibility index (Phi) is 11.7. The highest BCUT2D eigenvalue weighted by molar-refractivity contribution is 6.74. The predicted molar refractivity (Wildman–Crippen MR) is 186 cm³/mol. The minimum atomic E-state index is -1.91. The Morgan fingerprint density at radius 1 is 1.04 bits per heavy atom. The van der Waals surface area contributed by atoms with Crippen LogP contribution in [-0.4, -0.2) is 44.7 Å². The molecule has 0 spiro atoms. The first-order valence-electron chi connectivity index (χ1n) is 16.6. The number of nitrogens with zero attached hydrogens (tertiary/aromatic N) is 1. The highest BCUT2D eigenvalue weighted by atomic mass is 28.4. The van der Waals surface area contributed by atoms with Crippen molar-refractivity contribution < 1.29 is 28.5 Å². The molecule has 1 N–H and O–H groups in total. The normalized spacial score (nSPS) is 15.0. The number of benzene rings is 2. The topological polar surface area (TPSA) is 87.1 Å². The largest absolute Gasteiger partial charge is 0.497 e. The van der Waals surface area contributed by atoms with Crippen molar-refractivity contribution in [1.29, 1.82) is 0 Å². The van der Waals surface area contributed by atoms with Gasteiger partial charge in [-0.25, -0.2) is 0 Å². The molecule has 1 aliphatic heterocycles. The lowest BCUT2D eigenvalue weighted by Crippen LogP contribution is -2.41. The molecule has 0 saturated heterocycles. The van der Waals surface area contributed by atoms with Gasteiger partial charge in [0.1, 0.15) is 17.6 Å². The number of hydrogen-bond donors (Lipinski definition) is 1. The second kappa shape index (κ2) is 15.1. The van der Waals surface area contributed by atoms with E-state index < -0.39 is 14.4 Å². The standard InChI is InChI=1S/C38H53NO6Si/c1-10-11-12-29-14-16-32(37(41)27-13-18-34-35(22-27)44-24-43-34)36(39-29)33(20-26(3)40)31-17-15-30(42-7)21-28(31)19-25(2)23-45-46(8,9)38(4,5)6/h13-18,21-22,25,33,37,41H,10-12,19-20,23-24H2,1-9H3/t25-,33+,37?/m0/s1. The Labute approximate surface area is 276 Å². The van der Waals surface area contributed by atoms with Crippen LogP contribution in [0, 0.1) is 5.92 Å². The third-order valence-electron chi connectivity index (χ3n) is 9.46. The maximum Gasteiger partial charge on any atom is 0.231 e. The summed E-state index contributed by atoms with van der Waals surface area (Å²) in [5.41, 5.74) is 5.17. The zero-order chi connectivity index (χ0) is 33.6.